The number of rotatable bonds is 0. The van der Waals surface area contributed by atoms with Crippen LogP contribution < -0.4 is 0 Å². The first-order valence-corrected chi connectivity index (χ1v) is 6.54. The molecule has 0 aromatic rings. The van der Waals surface area contributed by atoms with E-state index in [2.05, 4.69) is 20.8 Å². The van der Waals surface area contributed by atoms with Gasteiger partial charge in [-0.3, -0.25) is 4.79 Å². The van der Waals surface area contributed by atoms with E-state index in [0.717, 1.165) is 18.3 Å². The Balaban J connectivity index is 2.02. The molecule has 3 rings (SSSR count). The average molecular weight is 206 g/mol. The molecule has 0 aliphatic heterocycles. The van der Waals surface area contributed by atoms with Gasteiger partial charge in [0.1, 0.15) is 5.78 Å². The summed E-state index contributed by atoms with van der Waals surface area (Å²) in [6, 6.07) is 0. The zero-order valence-electron chi connectivity index (χ0n) is 10.2. The molecule has 1 nitrogen and oxygen atoms in total. The highest BCUT2D eigenvalue weighted by Gasteiger charge is 2.74. The second-order valence-electron chi connectivity index (χ2n) is 6.71. The Morgan fingerprint density at radius 2 is 1.87 bits per heavy atom. The van der Waals surface area contributed by atoms with Gasteiger partial charge in [0, 0.05) is 11.8 Å². The molecule has 0 amide bonds. The van der Waals surface area contributed by atoms with E-state index in [1.165, 1.54) is 25.7 Å². The largest absolute Gasteiger partial charge is 0.299 e. The number of fused-ring (bicyclic) bond motifs is 1. The molecule has 84 valence electrons. The van der Waals surface area contributed by atoms with E-state index in [4.69, 9.17) is 0 Å². The summed E-state index contributed by atoms with van der Waals surface area (Å²) in [5, 5.41) is 0. The van der Waals surface area contributed by atoms with Crippen molar-refractivity contribution in [3.05, 3.63) is 0 Å². The normalized spacial score (nSPS) is 51.9. The maximum absolute atomic E-state index is 12.2. The van der Waals surface area contributed by atoms with Crippen LogP contribution in [0.1, 0.15) is 52.9 Å². The van der Waals surface area contributed by atoms with Gasteiger partial charge in [0.25, 0.3) is 0 Å². The molecule has 3 saturated carbocycles. The Labute approximate surface area is 92.6 Å². The van der Waals surface area contributed by atoms with Crippen molar-refractivity contribution in [2.75, 3.05) is 0 Å². The summed E-state index contributed by atoms with van der Waals surface area (Å²) < 4.78 is 0. The molecule has 0 saturated heterocycles. The van der Waals surface area contributed by atoms with E-state index in [0.29, 0.717) is 17.1 Å². The lowest BCUT2D eigenvalue weighted by atomic mass is 9.68. The summed E-state index contributed by atoms with van der Waals surface area (Å²) in [7, 11) is 0. The van der Waals surface area contributed by atoms with Gasteiger partial charge in [-0.05, 0) is 42.4 Å². The Morgan fingerprint density at radius 3 is 2.60 bits per heavy atom. The molecule has 1 unspecified atom stereocenters. The summed E-state index contributed by atoms with van der Waals surface area (Å²) in [5.74, 6) is 2.77. The first-order valence-electron chi connectivity index (χ1n) is 6.54. The number of carbonyl (C=O) groups excluding carboxylic acids is 1. The van der Waals surface area contributed by atoms with Gasteiger partial charge in [-0.25, -0.2) is 0 Å². The molecule has 1 spiro atoms. The Bertz CT molecular complexity index is 317. The fourth-order valence-electron chi connectivity index (χ4n) is 4.88. The lowest BCUT2D eigenvalue weighted by Gasteiger charge is -2.35. The number of hydrogen-bond acceptors (Lipinski definition) is 1. The van der Waals surface area contributed by atoms with Crippen LogP contribution in [0.3, 0.4) is 0 Å². The molecule has 0 N–H and O–H groups in total. The zero-order valence-corrected chi connectivity index (χ0v) is 10.2. The molecule has 0 aromatic heterocycles. The van der Waals surface area contributed by atoms with Crippen LogP contribution in [0.2, 0.25) is 0 Å². The molecule has 3 fully saturated rings. The summed E-state index contributed by atoms with van der Waals surface area (Å²) in [5.41, 5.74) is 0.531. The summed E-state index contributed by atoms with van der Waals surface area (Å²) in [6.07, 6.45) is 6.05. The topological polar surface area (TPSA) is 17.1 Å². The number of carbonyl (C=O) groups is 1. The van der Waals surface area contributed by atoms with Crippen LogP contribution in [0, 0.1) is 28.6 Å². The van der Waals surface area contributed by atoms with Crippen molar-refractivity contribution in [2.24, 2.45) is 28.6 Å². The second-order valence-corrected chi connectivity index (χ2v) is 6.71. The van der Waals surface area contributed by atoms with E-state index in [1.807, 2.05) is 0 Å². The van der Waals surface area contributed by atoms with Crippen molar-refractivity contribution in [3.8, 4) is 0 Å². The van der Waals surface area contributed by atoms with Crippen molar-refractivity contribution in [3.63, 3.8) is 0 Å². The highest BCUT2D eigenvalue weighted by Crippen LogP contribution is 2.75. The molecule has 3 aliphatic carbocycles. The van der Waals surface area contributed by atoms with Gasteiger partial charge in [0.2, 0.25) is 0 Å². The molecular weight excluding hydrogens is 184 g/mol. The van der Waals surface area contributed by atoms with Crippen LogP contribution >= 0.6 is 0 Å². The molecule has 0 bridgehead atoms. The third-order valence-electron chi connectivity index (χ3n) is 5.99. The fraction of sp³-hybridized carbons (Fsp3) is 0.929. The van der Waals surface area contributed by atoms with Crippen molar-refractivity contribution < 1.29 is 4.79 Å². The highest BCUT2D eigenvalue weighted by atomic mass is 16.1. The van der Waals surface area contributed by atoms with Gasteiger partial charge >= 0.3 is 0 Å². The second kappa shape index (κ2) is 2.67. The Morgan fingerprint density at radius 1 is 1.20 bits per heavy atom. The van der Waals surface area contributed by atoms with Gasteiger partial charge in [-0.15, -0.1) is 0 Å². The van der Waals surface area contributed by atoms with Gasteiger partial charge in [0.15, 0.2) is 0 Å². The first-order chi connectivity index (χ1) is 7.01. The molecule has 0 radical (unpaired) electrons. The molecule has 1 heteroatoms. The van der Waals surface area contributed by atoms with E-state index in [1.54, 1.807) is 0 Å². The predicted octanol–water partition coefficient (Wildman–Crippen LogP) is 3.43. The van der Waals surface area contributed by atoms with Crippen LogP contribution in [0.15, 0.2) is 0 Å². The van der Waals surface area contributed by atoms with E-state index >= 15 is 0 Å². The minimum Gasteiger partial charge on any atom is -0.299 e. The van der Waals surface area contributed by atoms with Gasteiger partial charge < -0.3 is 0 Å². The minimum atomic E-state index is 0.153. The Kier molecular flexibility index (Phi) is 1.76. The predicted molar refractivity (Wildman–Crippen MR) is 60.5 cm³/mol. The smallest absolute Gasteiger partial charge is 0.139 e. The monoisotopic (exact) mass is 206 g/mol. The Hall–Kier alpha value is -0.330. The maximum Gasteiger partial charge on any atom is 0.139 e. The van der Waals surface area contributed by atoms with Crippen molar-refractivity contribution in [1.82, 2.24) is 0 Å². The van der Waals surface area contributed by atoms with Crippen molar-refractivity contribution in [1.29, 1.82) is 0 Å². The molecule has 0 heterocycles. The molecule has 15 heavy (non-hydrogen) atoms. The molecule has 3 aliphatic rings. The molecule has 4 atom stereocenters. The quantitative estimate of drug-likeness (QED) is 0.593. The molecular formula is C14H22O. The van der Waals surface area contributed by atoms with Gasteiger partial charge in [-0.1, -0.05) is 27.2 Å². The zero-order chi connectivity index (χ0) is 10.8. The third-order valence-corrected chi connectivity index (χ3v) is 5.99. The standard InChI is InChI=1S/C14H22O/c1-9-13(2,3)8-4-5-10-11-6-7-12(15)14(9,10)11/h9-11H,4-8H2,1-3H3/t9-,10?,11-,14+/m1/s1. The van der Waals surface area contributed by atoms with E-state index in [9.17, 15) is 4.79 Å². The minimum absolute atomic E-state index is 0.153. The van der Waals surface area contributed by atoms with Crippen LogP contribution in [0.25, 0.3) is 0 Å². The first kappa shape index (κ1) is 9.86. The van der Waals surface area contributed by atoms with Crippen molar-refractivity contribution in [2.45, 2.75) is 52.9 Å². The lowest BCUT2D eigenvalue weighted by molar-refractivity contribution is -0.126. The number of ketones is 1. The number of hydrogen-bond donors (Lipinski definition) is 0. The molecule has 0 aromatic carbocycles. The third kappa shape index (κ3) is 0.976. The van der Waals surface area contributed by atoms with Crippen LogP contribution in [-0.4, -0.2) is 5.78 Å². The lowest BCUT2D eigenvalue weighted by Crippen LogP contribution is -2.33. The summed E-state index contributed by atoms with van der Waals surface area (Å²) in [4.78, 5) is 12.2. The summed E-state index contributed by atoms with van der Waals surface area (Å²) >= 11 is 0. The van der Waals surface area contributed by atoms with E-state index in [-0.39, 0.29) is 5.41 Å². The average Bonchev–Trinajstić information content (AvgIpc) is 2.70. The van der Waals surface area contributed by atoms with E-state index < -0.39 is 0 Å². The number of Topliss-reactive ketones (excluding diaryl/α,β-unsaturated/α-hetero) is 1. The SMILES string of the molecule is C[C@@H]1C(C)(C)CCCC2[C@H]3CCC(=O)[C@@]231. The maximum atomic E-state index is 12.2. The van der Waals surface area contributed by atoms with Crippen molar-refractivity contribution >= 4 is 5.78 Å². The van der Waals surface area contributed by atoms with Gasteiger partial charge in [-0.2, -0.15) is 0 Å². The highest BCUT2D eigenvalue weighted by molar-refractivity contribution is 5.92. The van der Waals surface area contributed by atoms with Crippen LogP contribution in [-0.2, 0) is 4.79 Å². The fourth-order valence-corrected chi connectivity index (χ4v) is 4.88. The van der Waals surface area contributed by atoms with Gasteiger partial charge in [0.05, 0.1) is 0 Å². The summed E-state index contributed by atoms with van der Waals surface area (Å²) in [6.45, 7) is 7.09. The van der Waals surface area contributed by atoms with Crippen LogP contribution in [0.5, 0.6) is 0 Å². The van der Waals surface area contributed by atoms with Crippen LogP contribution in [0.4, 0.5) is 0 Å².